The van der Waals surface area contributed by atoms with Gasteiger partial charge in [-0.2, -0.15) is 0 Å². The maximum atomic E-state index is 11.6. The van der Waals surface area contributed by atoms with E-state index in [1.165, 1.54) is 7.11 Å². The van der Waals surface area contributed by atoms with Crippen LogP contribution >= 0.6 is 0 Å². The predicted molar refractivity (Wildman–Crippen MR) is 89.4 cm³/mol. The van der Waals surface area contributed by atoms with Gasteiger partial charge < -0.3 is 19.9 Å². The van der Waals surface area contributed by atoms with Crippen molar-refractivity contribution in [1.29, 1.82) is 0 Å². The summed E-state index contributed by atoms with van der Waals surface area (Å²) in [5.74, 6) is -0.689. The second kappa shape index (κ2) is 12.0. The highest BCUT2D eigenvalue weighted by Gasteiger charge is 2.16. The van der Waals surface area contributed by atoms with Gasteiger partial charge in [0, 0.05) is 32.5 Å². The molecule has 0 aliphatic rings. The summed E-state index contributed by atoms with van der Waals surface area (Å²) in [5, 5.41) is 0. The molecule has 24 heavy (non-hydrogen) atoms. The monoisotopic (exact) mass is 345 g/mol. The summed E-state index contributed by atoms with van der Waals surface area (Å²) < 4.78 is 15.1. The van der Waals surface area contributed by atoms with Gasteiger partial charge in [0.2, 0.25) is 0 Å². The predicted octanol–water partition coefficient (Wildman–Crippen LogP) is 1.75. The Bertz CT molecular complexity index is 402. The highest BCUT2D eigenvalue weighted by Crippen LogP contribution is 2.09. The molecule has 0 saturated heterocycles. The number of nitrogens with two attached hydrogens (primary N) is 1. The standard InChI is InChI=1S/C17H31NO6/c1-17(2,3)24-15(20)8-6-12-23-11-5-7-13(19)9-10-14(18)16(21)22-4/h14H,5-12,18H2,1-4H3. The zero-order valence-corrected chi connectivity index (χ0v) is 15.3. The molecule has 0 fully saturated rings. The van der Waals surface area contributed by atoms with Gasteiger partial charge in [0.1, 0.15) is 17.4 Å². The second-order valence-electron chi connectivity index (χ2n) is 6.61. The molecule has 0 aromatic heterocycles. The van der Waals surface area contributed by atoms with E-state index < -0.39 is 17.6 Å². The summed E-state index contributed by atoms with van der Waals surface area (Å²) >= 11 is 0. The Balaban J connectivity index is 3.55. The van der Waals surface area contributed by atoms with Gasteiger partial charge in [0.15, 0.2) is 0 Å². The van der Waals surface area contributed by atoms with Crippen LogP contribution in [0.1, 0.15) is 59.3 Å². The fourth-order valence-corrected chi connectivity index (χ4v) is 1.90. The molecule has 0 heterocycles. The van der Waals surface area contributed by atoms with Crippen LogP contribution in [0.15, 0.2) is 0 Å². The van der Waals surface area contributed by atoms with Crippen molar-refractivity contribution in [2.24, 2.45) is 5.73 Å². The van der Waals surface area contributed by atoms with E-state index in [0.29, 0.717) is 45.3 Å². The van der Waals surface area contributed by atoms with E-state index in [9.17, 15) is 14.4 Å². The van der Waals surface area contributed by atoms with Gasteiger partial charge in [0.25, 0.3) is 0 Å². The highest BCUT2D eigenvalue weighted by molar-refractivity contribution is 5.80. The molecule has 0 rings (SSSR count). The molecule has 140 valence electrons. The summed E-state index contributed by atoms with van der Waals surface area (Å²) in [6.45, 7) is 6.41. The van der Waals surface area contributed by atoms with Crippen LogP contribution in [-0.4, -0.2) is 49.7 Å². The Kier molecular flexibility index (Phi) is 11.2. The molecule has 0 saturated carbocycles. The fourth-order valence-electron chi connectivity index (χ4n) is 1.90. The third-order valence-electron chi connectivity index (χ3n) is 3.07. The molecular weight excluding hydrogens is 314 g/mol. The quantitative estimate of drug-likeness (QED) is 0.424. The van der Waals surface area contributed by atoms with E-state index in [4.69, 9.17) is 15.2 Å². The van der Waals surface area contributed by atoms with E-state index in [2.05, 4.69) is 4.74 Å². The first-order valence-corrected chi connectivity index (χ1v) is 8.30. The van der Waals surface area contributed by atoms with Crippen LogP contribution in [0.2, 0.25) is 0 Å². The number of carbonyl (C=O) groups excluding carboxylic acids is 3. The van der Waals surface area contributed by atoms with Crippen molar-refractivity contribution < 1.29 is 28.6 Å². The molecule has 7 heteroatoms. The van der Waals surface area contributed by atoms with Crippen LogP contribution in [0.3, 0.4) is 0 Å². The molecule has 0 radical (unpaired) electrons. The lowest BCUT2D eigenvalue weighted by molar-refractivity contribution is -0.155. The van der Waals surface area contributed by atoms with Crippen LogP contribution < -0.4 is 5.73 Å². The number of ketones is 1. The highest BCUT2D eigenvalue weighted by atomic mass is 16.6. The zero-order chi connectivity index (χ0) is 18.6. The lowest BCUT2D eigenvalue weighted by Gasteiger charge is -2.19. The van der Waals surface area contributed by atoms with Gasteiger partial charge in [-0.15, -0.1) is 0 Å². The lowest BCUT2D eigenvalue weighted by Crippen LogP contribution is -2.32. The molecule has 0 aromatic rings. The minimum atomic E-state index is -0.747. The summed E-state index contributed by atoms with van der Waals surface area (Å²) in [6, 6.07) is -0.747. The van der Waals surface area contributed by atoms with Gasteiger partial charge in [-0.25, -0.2) is 0 Å². The van der Waals surface area contributed by atoms with Crippen LogP contribution in [0.4, 0.5) is 0 Å². The molecule has 1 unspecified atom stereocenters. The van der Waals surface area contributed by atoms with Crippen molar-refractivity contribution in [3.8, 4) is 0 Å². The number of methoxy groups -OCH3 is 1. The van der Waals surface area contributed by atoms with Gasteiger partial charge in [-0.05, 0) is 40.0 Å². The number of hydrogen-bond donors (Lipinski definition) is 1. The number of hydrogen-bond acceptors (Lipinski definition) is 7. The third kappa shape index (κ3) is 13.0. The van der Waals surface area contributed by atoms with Crippen molar-refractivity contribution >= 4 is 17.7 Å². The van der Waals surface area contributed by atoms with E-state index in [0.717, 1.165) is 0 Å². The van der Waals surface area contributed by atoms with E-state index in [1.54, 1.807) is 0 Å². The summed E-state index contributed by atoms with van der Waals surface area (Å²) in [6.07, 6.45) is 2.47. The minimum Gasteiger partial charge on any atom is -0.468 e. The normalized spacial score (nSPS) is 12.5. The van der Waals surface area contributed by atoms with Gasteiger partial charge in [-0.3, -0.25) is 14.4 Å². The Morgan fingerprint density at radius 2 is 1.58 bits per heavy atom. The van der Waals surface area contributed by atoms with Crippen LogP contribution in [0, 0.1) is 0 Å². The van der Waals surface area contributed by atoms with Crippen LogP contribution in [0.5, 0.6) is 0 Å². The van der Waals surface area contributed by atoms with Crippen molar-refractivity contribution in [3.63, 3.8) is 0 Å². The van der Waals surface area contributed by atoms with Crippen molar-refractivity contribution in [1.82, 2.24) is 0 Å². The first-order valence-electron chi connectivity index (χ1n) is 8.30. The average molecular weight is 345 g/mol. The Morgan fingerprint density at radius 3 is 2.12 bits per heavy atom. The molecule has 0 aliphatic heterocycles. The number of Topliss-reactive ketones (excluding diaryl/α,β-unsaturated/α-hetero) is 1. The first kappa shape index (κ1) is 22.5. The summed E-state index contributed by atoms with van der Waals surface area (Å²) in [4.78, 5) is 34.2. The van der Waals surface area contributed by atoms with Crippen LogP contribution in [0.25, 0.3) is 0 Å². The maximum Gasteiger partial charge on any atom is 0.322 e. The minimum absolute atomic E-state index is 0.0479. The molecule has 0 bridgehead atoms. The molecule has 0 aromatic carbocycles. The Labute approximate surface area is 144 Å². The zero-order valence-electron chi connectivity index (χ0n) is 15.3. The molecule has 1 atom stereocenters. The summed E-state index contributed by atoms with van der Waals surface area (Å²) in [5.41, 5.74) is 5.10. The van der Waals surface area contributed by atoms with Gasteiger partial charge in [0.05, 0.1) is 7.11 Å². The largest absolute Gasteiger partial charge is 0.468 e. The number of esters is 2. The average Bonchev–Trinajstić information content (AvgIpc) is 2.48. The smallest absolute Gasteiger partial charge is 0.322 e. The molecule has 0 aliphatic carbocycles. The molecule has 7 nitrogen and oxygen atoms in total. The number of rotatable bonds is 12. The Hall–Kier alpha value is -1.47. The van der Waals surface area contributed by atoms with Crippen molar-refractivity contribution in [2.45, 2.75) is 70.9 Å². The molecule has 0 spiro atoms. The van der Waals surface area contributed by atoms with E-state index in [1.807, 2.05) is 20.8 Å². The maximum absolute atomic E-state index is 11.6. The van der Waals surface area contributed by atoms with E-state index in [-0.39, 0.29) is 18.2 Å². The fraction of sp³-hybridized carbons (Fsp3) is 0.824. The van der Waals surface area contributed by atoms with Gasteiger partial charge >= 0.3 is 11.9 Å². The molecule has 2 N–H and O–H groups in total. The first-order chi connectivity index (χ1) is 11.2. The SMILES string of the molecule is COC(=O)C(N)CCC(=O)CCCOCCCC(=O)OC(C)(C)C. The molecular formula is C17H31NO6. The van der Waals surface area contributed by atoms with Crippen molar-refractivity contribution in [3.05, 3.63) is 0 Å². The number of carbonyl (C=O) groups is 3. The van der Waals surface area contributed by atoms with Crippen LogP contribution in [-0.2, 0) is 28.6 Å². The summed E-state index contributed by atoms with van der Waals surface area (Å²) in [7, 11) is 1.27. The van der Waals surface area contributed by atoms with Gasteiger partial charge in [-0.1, -0.05) is 0 Å². The topological polar surface area (TPSA) is 105 Å². The molecule has 0 amide bonds. The number of ether oxygens (including phenoxy) is 3. The third-order valence-corrected chi connectivity index (χ3v) is 3.07. The van der Waals surface area contributed by atoms with Crippen molar-refractivity contribution in [2.75, 3.05) is 20.3 Å². The Morgan fingerprint density at radius 1 is 1.00 bits per heavy atom. The lowest BCUT2D eigenvalue weighted by atomic mass is 10.1. The second-order valence-corrected chi connectivity index (χ2v) is 6.61. The van der Waals surface area contributed by atoms with E-state index >= 15 is 0 Å².